The third kappa shape index (κ3) is 4.60. The Bertz CT molecular complexity index is 855. The van der Waals surface area contributed by atoms with E-state index in [0.29, 0.717) is 12.1 Å². The second kappa shape index (κ2) is 8.01. The number of benzene rings is 1. The van der Waals surface area contributed by atoms with Gasteiger partial charge in [0, 0.05) is 42.9 Å². The molecule has 2 aromatic heterocycles. The quantitative estimate of drug-likeness (QED) is 0.726. The molecule has 0 aliphatic heterocycles. The minimum absolute atomic E-state index is 0.113. The first-order valence-electron chi connectivity index (χ1n) is 7.83. The first-order valence-corrected chi connectivity index (χ1v) is 7.83. The van der Waals surface area contributed by atoms with Crippen LogP contribution in [-0.2, 0) is 13.1 Å². The van der Waals surface area contributed by atoms with Gasteiger partial charge in [-0.3, -0.25) is 14.8 Å². The average molecular weight is 336 g/mol. The summed E-state index contributed by atoms with van der Waals surface area (Å²) < 4.78 is 13.6. The van der Waals surface area contributed by atoms with Crippen LogP contribution < -0.4 is 10.6 Å². The maximum Gasteiger partial charge on any atom is 0.270 e. The number of hydrogen-bond donors (Lipinski definition) is 2. The first-order chi connectivity index (χ1) is 12.2. The molecule has 6 heteroatoms. The van der Waals surface area contributed by atoms with Crippen molar-refractivity contribution in [2.75, 3.05) is 5.32 Å². The van der Waals surface area contributed by atoms with Crippen molar-refractivity contribution in [3.63, 3.8) is 0 Å². The molecule has 1 aromatic carbocycles. The zero-order valence-corrected chi connectivity index (χ0v) is 13.4. The number of halogens is 1. The van der Waals surface area contributed by atoms with Gasteiger partial charge >= 0.3 is 0 Å². The van der Waals surface area contributed by atoms with Crippen molar-refractivity contribution >= 4 is 11.6 Å². The van der Waals surface area contributed by atoms with Gasteiger partial charge in [-0.1, -0.05) is 18.2 Å². The molecule has 2 N–H and O–H groups in total. The predicted octanol–water partition coefficient (Wildman–Crippen LogP) is 3.16. The van der Waals surface area contributed by atoms with E-state index in [0.717, 1.165) is 11.3 Å². The zero-order chi connectivity index (χ0) is 17.5. The molecule has 0 fully saturated rings. The van der Waals surface area contributed by atoms with Gasteiger partial charge in [-0.25, -0.2) is 4.39 Å². The number of carbonyl (C=O) groups is 1. The van der Waals surface area contributed by atoms with Gasteiger partial charge < -0.3 is 10.6 Å². The molecule has 3 rings (SSSR count). The molecule has 0 saturated carbocycles. The second-order valence-electron chi connectivity index (χ2n) is 5.41. The highest BCUT2D eigenvalue weighted by atomic mass is 19.1. The number of carbonyl (C=O) groups excluding carboxylic acids is 1. The summed E-state index contributed by atoms with van der Waals surface area (Å²) in [5.74, 6) is -0.695. The minimum Gasteiger partial charge on any atom is -0.381 e. The van der Waals surface area contributed by atoms with Crippen molar-refractivity contribution in [1.82, 2.24) is 15.3 Å². The lowest BCUT2D eigenvalue weighted by atomic mass is 10.2. The van der Waals surface area contributed by atoms with Crippen LogP contribution in [0.25, 0.3) is 0 Å². The van der Waals surface area contributed by atoms with Crippen LogP contribution in [0, 0.1) is 5.82 Å². The Balaban J connectivity index is 1.60. The standard InChI is InChI=1S/C19H17FN4O/c20-17-4-2-1-3-15(17)13-24-19(25)18-11-16(7-10-22-18)23-12-14-5-8-21-9-6-14/h1-11H,12-13H2,(H,22,23)(H,24,25). The van der Waals surface area contributed by atoms with Gasteiger partial charge in [0.15, 0.2) is 0 Å². The maximum absolute atomic E-state index is 13.6. The molecular weight excluding hydrogens is 319 g/mol. The van der Waals surface area contributed by atoms with Gasteiger partial charge in [0.2, 0.25) is 0 Å². The van der Waals surface area contributed by atoms with Crippen LogP contribution in [-0.4, -0.2) is 15.9 Å². The molecule has 1 amide bonds. The lowest BCUT2D eigenvalue weighted by Gasteiger charge is -2.09. The highest BCUT2D eigenvalue weighted by Crippen LogP contribution is 2.11. The molecular formula is C19H17FN4O. The van der Waals surface area contributed by atoms with Gasteiger partial charge in [0.1, 0.15) is 11.5 Å². The van der Waals surface area contributed by atoms with Gasteiger partial charge in [0.25, 0.3) is 5.91 Å². The van der Waals surface area contributed by atoms with Crippen molar-refractivity contribution in [1.29, 1.82) is 0 Å². The highest BCUT2D eigenvalue weighted by molar-refractivity contribution is 5.93. The monoisotopic (exact) mass is 336 g/mol. The van der Waals surface area contributed by atoms with Crippen molar-refractivity contribution in [3.05, 3.63) is 89.8 Å². The number of nitrogens with one attached hydrogen (secondary N) is 2. The summed E-state index contributed by atoms with van der Waals surface area (Å²) in [5.41, 5.74) is 2.57. The van der Waals surface area contributed by atoms with Crippen LogP contribution in [0.1, 0.15) is 21.6 Å². The van der Waals surface area contributed by atoms with Crippen molar-refractivity contribution in [2.45, 2.75) is 13.1 Å². The maximum atomic E-state index is 13.6. The Kier molecular flexibility index (Phi) is 5.31. The Morgan fingerprint density at radius 1 is 1.00 bits per heavy atom. The van der Waals surface area contributed by atoms with E-state index in [1.165, 1.54) is 6.07 Å². The fourth-order valence-electron chi connectivity index (χ4n) is 2.28. The van der Waals surface area contributed by atoms with Crippen molar-refractivity contribution < 1.29 is 9.18 Å². The summed E-state index contributed by atoms with van der Waals surface area (Å²) in [6.07, 6.45) is 5.02. The van der Waals surface area contributed by atoms with Gasteiger partial charge in [-0.15, -0.1) is 0 Å². The number of anilines is 1. The van der Waals surface area contributed by atoms with Gasteiger partial charge in [0.05, 0.1) is 0 Å². The van der Waals surface area contributed by atoms with E-state index in [2.05, 4.69) is 20.6 Å². The van der Waals surface area contributed by atoms with E-state index in [9.17, 15) is 9.18 Å². The lowest BCUT2D eigenvalue weighted by molar-refractivity contribution is 0.0945. The third-order valence-corrected chi connectivity index (χ3v) is 3.64. The Morgan fingerprint density at radius 3 is 2.60 bits per heavy atom. The number of pyridine rings is 2. The molecule has 0 saturated heterocycles. The summed E-state index contributed by atoms with van der Waals surface area (Å²) in [4.78, 5) is 20.3. The van der Waals surface area contributed by atoms with E-state index in [4.69, 9.17) is 0 Å². The smallest absolute Gasteiger partial charge is 0.270 e. The molecule has 0 spiro atoms. The Hall–Kier alpha value is -3.28. The molecule has 0 aliphatic carbocycles. The normalized spacial score (nSPS) is 10.3. The fraction of sp³-hybridized carbons (Fsp3) is 0.105. The Morgan fingerprint density at radius 2 is 1.80 bits per heavy atom. The van der Waals surface area contributed by atoms with E-state index in [1.807, 2.05) is 12.1 Å². The van der Waals surface area contributed by atoms with Crippen molar-refractivity contribution in [2.24, 2.45) is 0 Å². The number of nitrogens with zero attached hydrogens (tertiary/aromatic N) is 2. The molecule has 2 heterocycles. The van der Waals surface area contributed by atoms with Crippen LogP contribution in [0.4, 0.5) is 10.1 Å². The minimum atomic E-state index is -0.351. The predicted molar refractivity (Wildman–Crippen MR) is 93.4 cm³/mol. The Labute approximate surface area is 145 Å². The zero-order valence-electron chi connectivity index (χ0n) is 13.4. The largest absolute Gasteiger partial charge is 0.381 e. The van der Waals surface area contributed by atoms with Crippen LogP contribution in [0.2, 0.25) is 0 Å². The molecule has 0 unspecified atom stereocenters. The van der Waals surface area contributed by atoms with Gasteiger partial charge in [-0.05, 0) is 35.9 Å². The van der Waals surface area contributed by atoms with Crippen LogP contribution in [0.15, 0.2) is 67.1 Å². The summed E-state index contributed by atoms with van der Waals surface area (Å²) in [5, 5.41) is 5.91. The summed E-state index contributed by atoms with van der Waals surface area (Å²) in [6, 6.07) is 13.6. The van der Waals surface area contributed by atoms with Crippen LogP contribution >= 0.6 is 0 Å². The molecule has 25 heavy (non-hydrogen) atoms. The molecule has 5 nitrogen and oxygen atoms in total. The summed E-state index contributed by atoms with van der Waals surface area (Å²) in [7, 11) is 0. The van der Waals surface area contributed by atoms with Crippen LogP contribution in [0.3, 0.4) is 0 Å². The molecule has 0 atom stereocenters. The van der Waals surface area contributed by atoms with Crippen LogP contribution in [0.5, 0.6) is 0 Å². The summed E-state index contributed by atoms with van der Waals surface area (Å²) in [6.45, 7) is 0.727. The van der Waals surface area contributed by atoms with Gasteiger partial charge in [-0.2, -0.15) is 0 Å². The van der Waals surface area contributed by atoms with Crippen molar-refractivity contribution in [3.8, 4) is 0 Å². The molecule has 0 radical (unpaired) electrons. The average Bonchev–Trinajstić information content (AvgIpc) is 2.66. The van der Waals surface area contributed by atoms with E-state index in [1.54, 1.807) is 48.9 Å². The number of amides is 1. The SMILES string of the molecule is O=C(NCc1ccccc1F)c1cc(NCc2ccncc2)ccn1. The number of rotatable bonds is 6. The molecule has 0 bridgehead atoms. The summed E-state index contributed by atoms with van der Waals surface area (Å²) >= 11 is 0. The number of hydrogen-bond acceptors (Lipinski definition) is 4. The first kappa shape index (κ1) is 16.6. The number of aromatic nitrogens is 2. The second-order valence-corrected chi connectivity index (χ2v) is 5.41. The van der Waals surface area contributed by atoms with E-state index >= 15 is 0 Å². The van der Waals surface area contributed by atoms with E-state index in [-0.39, 0.29) is 24.0 Å². The van der Waals surface area contributed by atoms with E-state index < -0.39 is 0 Å². The topological polar surface area (TPSA) is 66.9 Å². The molecule has 126 valence electrons. The fourth-order valence-corrected chi connectivity index (χ4v) is 2.28. The lowest BCUT2D eigenvalue weighted by Crippen LogP contribution is -2.24. The molecule has 3 aromatic rings. The highest BCUT2D eigenvalue weighted by Gasteiger charge is 2.09. The third-order valence-electron chi connectivity index (χ3n) is 3.64. The molecule has 0 aliphatic rings.